The van der Waals surface area contributed by atoms with E-state index in [1.807, 2.05) is 0 Å². The first-order valence-electron chi connectivity index (χ1n) is 5.34. The average Bonchev–Trinajstić information content (AvgIpc) is 2.29. The van der Waals surface area contributed by atoms with Crippen molar-refractivity contribution >= 4 is 11.9 Å². The number of esters is 1. The highest BCUT2D eigenvalue weighted by atomic mass is 16.5. The number of unbranched alkanes of at least 4 members (excludes halogenated alkanes) is 1. The van der Waals surface area contributed by atoms with Crippen LogP contribution in [0.5, 0.6) is 0 Å². The van der Waals surface area contributed by atoms with Gasteiger partial charge in [-0.3, -0.25) is 9.59 Å². The summed E-state index contributed by atoms with van der Waals surface area (Å²) in [6, 6.07) is 0. The van der Waals surface area contributed by atoms with Crippen molar-refractivity contribution < 1.29 is 24.5 Å². The molecule has 0 aromatic heterocycles. The van der Waals surface area contributed by atoms with Gasteiger partial charge in [0.1, 0.15) is 6.61 Å². The molecular formula is C10H19NO5. The Kier molecular flexibility index (Phi) is 9.64. The van der Waals surface area contributed by atoms with Gasteiger partial charge in [-0.25, -0.2) is 0 Å². The van der Waals surface area contributed by atoms with Crippen molar-refractivity contribution in [1.29, 1.82) is 0 Å². The predicted octanol–water partition coefficient (Wildman–Crippen LogP) is -0.809. The Morgan fingerprint density at radius 3 is 2.38 bits per heavy atom. The number of carbonyl (C=O) groups excluding carboxylic acids is 2. The molecule has 0 aliphatic rings. The van der Waals surface area contributed by atoms with Gasteiger partial charge in [-0.15, -0.1) is 0 Å². The number of carbonyl (C=O) groups is 2. The van der Waals surface area contributed by atoms with E-state index in [1.54, 1.807) is 0 Å². The van der Waals surface area contributed by atoms with Crippen LogP contribution in [0.25, 0.3) is 0 Å². The van der Waals surface area contributed by atoms with Crippen molar-refractivity contribution in [2.75, 3.05) is 26.4 Å². The van der Waals surface area contributed by atoms with Gasteiger partial charge in [0.15, 0.2) is 0 Å². The summed E-state index contributed by atoms with van der Waals surface area (Å²) in [5.41, 5.74) is 0. The van der Waals surface area contributed by atoms with Crippen LogP contribution in [0, 0.1) is 0 Å². The van der Waals surface area contributed by atoms with Crippen molar-refractivity contribution in [1.82, 2.24) is 5.32 Å². The molecule has 0 aromatic rings. The smallest absolute Gasteiger partial charge is 0.305 e. The fraction of sp³-hybridized carbons (Fsp3) is 0.800. The first-order chi connectivity index (χ1) is 7.70. The Morgan fingerprint density at radius 2 is 1.75 bits per heavy atom. The number of ether oxygens (including phenoxy) is 1. The number of nitrogens with one attached hydrogen (secondary N) is 1. The molecule has 0 saturated heterocycles. The summed E-state index contributed by atoms with van der Waals surface area (Å²) in [6.07, 6.45) is 1.78. The van der Waals surface area contributed by atoms with Gasteiger partial charge in [-0.2, -0.15) is 0 Å². The second-order valence-corrected chi connectivity index (χ2v) is 3.22. The van der Waals surface area contributed by atoms with Crippen LogP contribution in [-0.4, -0.2) is 48.5 Å². The van der Waals surface area contributed by atoms with Crippen molar-refractivity contribution in [3.05, 3.63) is 0 Å². The molecule has 0 heterocycles. The second-order valence-electron chi connectivity index (χ2n) is 3.22. The average molecular weight is 233 g/mol. The monoisotopic (exact) mass is 233 g/mol. The van der Waals surface area contributed by atoms with Crippen LogP contribution in [0.2, 0.25) is 0 Å². The lowest BCUT2D eigenvalue weighted by molar-refractivity contribution is -0.144. The summed E-state index contributed by atoms with van der Waals surface area (Å²) in [7, 11) is 0. The maximum absolute atomic E-state index is 11.0. The first-order valence-corrected chi connectivity index (χ1v) is 5.34. The van der Waals surface area contributed by atoms with Crippen LogP contribution in [-0.2, 0) is 14.3 Å². The summed E-state index contributed by atoms with van der Waals surface area (Å²) in [6.45, 7) is 0.0434. The van der Waals surface area contributed by atoms with E-state index < -0.39 is 0 Å². The van der Waals surface area contributed by atoms with E-state index in [-0.39, 0.29) is 44.7 Å². The molecule has 0 bridgehead atoms. The molecule has 0 atom stereocenters. The highest BCUT2D eigenvalue weighted by Crippen LogP contribution is 2.01. The van der Waals surface area contributed by atoms with Crippen LogP contribution >= 0.6 is 0 Å². The third-order valence-corrected chi connectivity index (χ3v) is 1.82. The van der Waals surface area contributed by atoms with Gasteiger partial charge in [-0.1, -0.05) is 0 Å². The number of aliphatic hydroxyl groups excluding tert-OH is 2. The van der Waals surface area contributed by atoms with Gasteiger partial charge in [0.05, 0.1) is 13.2 Å². The van der Waals surface area contributed by atoms with Gasteiger partial charge in [-0.05, 0) is 12.8 Å². The van der Waals surface area contributed by atoms with Crippen LogP contribution in [0.4, 0.5) is 0 Å². The Hall–Kier alpha value is -1.14. The molecule has 1 amide bonds. The van der Waals surface area contributed by atoms with Gasteiger partial charge in [0, 0.05) is 19.4 Å². The van der Waals surface area contributed by atoms with Crippen LogP contribution in [0.1, 0.15) is 25.7 Å². The highest BCUT2D eigenvalue weighted by molar-refractivity contribution is 5.75. The minimum Gasteiger partial charge on any atom is -0.463 e. The Balaban J connectivity index is 3.31. The SMILES string of the molecule is O=C(CCCCC(=O)OCCO)NCCO. The molecule has 16 heavy (non-hydrogen) atoms. The van der Waals surface area contributed by atoms with Gasteiger partial charge >= 0.3 is 5.97 Å². The van der Waals surface area contributed by atoms with Gasteiger partial charge < -0.3 is 20.3 Å². The maximum atomic E-state index is 11.0. The molecule has 0 aliphatic carbocycles. The molecule has 94 valence electrons. The Morgan fingerprint density at radius 1 is 1.06 bits per heavy atom. The third kappa shape index (κ3) is 9.42. The Bertz CT molecular complexity index is 185. The summed E-state index contributed by atoms with van der Waals surface area (Å²) in [4.78, 5) is 22.0. The number of amides is 1. The molecule has 6 nitrogen and oxygen atoms in total. The molecule has 0 saturated carbocycles. The molecule has 0 spiro atoms. The fourth-order valence-corrected chi connectivity index (χ4v) is 1.07. The standard InChI is InChI=1S/C10H19NO5/c12-6-5-11-9(14)3-1-2-4-10(15)16-8-7-13/h12-13H,1-8H2,(H,11,14). The van der Waals surface area contributed by atoms with E-state index in [0.29, 0.717) is 19.3 Å². The summed E-state index contributed by atoms with van der Waals surface area (Å²) < 4.78 is 4.64. The number of hydrogen-bond acceptors (Lipinski definition) is 5. The van der Waals surface area contributed by atoms with Gasteiger partial charge in [0.2, 0.25) is 5.91 Å². The zero-order chi connectivity index (χ0) is 12.2. The lowest BCUT2D eigenvalue weighted by Crippen LogP contribution is -2.25. The first kappa shape index (κ1) is 14.9. The molecule has 6 heteroatoms. The van der Waals surface area contributed by atoms with E-state index >= 15 is 0 Å². The number of aliphatic hydroxyl groups is 2. The highest BCUT2D eigenvalue weighted by Gasteiger charge is 2.04. The number of rotatable bonds is 9. The quantitative estimate of drug-likeness (QED) is 0.357. The van der Waals surface area contributed by atoms with Crippen LogP contribution in [0.15, 0.2) is 0 Å². The molecule has 0 aromatic carbocycles. The molecule has 3 N–H and O–H groups in total. The molecule has 0 fully saturated rings. The Labute approximate surface area is 94.6 Å². The van der Waals surface area contributed by atoms with Crippen molar-refractivity contribution in [3.8, 4) is 0 Å². The van der Waals surface area contributed by atoms with E-state index in [0.717, 1.165) is 0 Å². The molecular weight excluding hydrogens is 214 g/mol. The summed E-state index contributed by atoms with van der Waals surface area (Å²) in [5, 5.41) is 19.4. The normalized spacial score (nSPS) is 9.88. The fourth-order valence-electron chi connectivity index (χ4n) is 1.07. The van der Waals surface area contributed by atoms with Crippen molar-refractivity contribution in [2.45, 2.75) is 25.7 Å². The zero-order valence-electron chi connectivity index (χ0n) is 9.28. The predicted molar refractivity (Wildman–Crippen MR) is 56.6 cm³/mol. The topological polar surface area (TPSA) is 95.9 Å². The van der Waals surface area contributed by atoms with Crippen molar-refractivity contribution in [3.63, 3.8) is 0 Å². The lowest BCUT2D eigenvalue weighted by Gasteiger charge is -2.03. The van der Waals surface area contributed by atoms with E-state index in [1.165, 1.54) is 0 Å². The minimum absolute atomic E-state index is 0.0236. The summed E-state index contributed by atoms with van der Waals surface area (Å²) >= 11 is 0. The minimum atomic E-state index is -0.357. The molecule has 0 rings (SSSR count). The molecule has 0 aliphatic heterocycles. The van der Waals surface area contributed by atoms with E-state index in [4.69, 9.17) is 10.2 Å². The molecule has 0 unspecified atom stereocenters. The van der Waals surface area contributed by atoms with Crippen LogP contribution < -0.4 is 5.32 Å². The summed E-state index contributed by atoms with van der Waals surface area (Å²) in [5.74, 6) is -0.484. The lowest BCUT2D eigenvalue weighted by atomic mass is 10.2. The van der Waals surface area contributed by atoms with Gasteiger partial charge in [0.25, 0.3) is 0 Å². The van der Waals surface area contributed by atoms with E-state index in [9.17, 15) is 9.59 Å². The zero-order valence-corrected chi connectivity index (χ0v) is 9.28. The maximum Gasteiger partial charge on any atom is 0.305 e. The van der Waals surface area contributed by atoms with E-state index in [2.05, 4.69) is 10.1 Å². The van der Waals surface area contributed by atoms with Crippen molar-refractivity contribution in [2.24, 2.45) is 0 Å². The van der Waals surface area contributed by atoms with Crippen LogP contribution in [0.3, 0.4) is 0 Å². The number of hydrogen-bond donors (Lipinski definition) is 3. The largest absolute Gasteiger partial charge is 0.463 e. The second kappa shape index (κ2) is 10.4. The molecule has 0 radical (unpaired) electrons. The third-order valence-electron chi connectivity index (χ3n) is 1.82.